The Balaban J connectivity index is 1.34. The molecule has 2 aromatic carbocycles. The molecule has 1 fully saturated rings. The molecule has 11 heteroatoms. The maximum Gasteiger partial charge on any atom is 0.269 e. The second-order valence-electron chi connectivity index (χ2n) is 8.26. The lowest BCUT2D eigenvalue weighted by Gasteiger charge is -2.39. The highest BCUT2D eigenvalue weighted by Gasteiger charge is 2.31. The van der Waals surface area contributed by atoms with Gasteiger partial charge in [-0.2, -0.15) is 0 Å². The summed E-state index contributed by atoms with van der Waals surface area (Å²) in [5, 5.41) is 25.8. The molecule has 10 nitrogen and oxygen atoms in total. The van der Waals surface area contributed by atoms with Gasteiger partial charge in [0.05, 0.1) is 18.6 Å². The lowest BCUT2D eigenvalue weighted by atomic mass is 10.1. The van der Waals surface area contributed by atoms with E-state index in [1.807, 2.05) is 41.1 Å². The predicted octanol–water partition coefficient (Wildman–Crippen LogP) is 3.61. The molecule has 0 spiro atoms. The summed E-state index contributed by atoms with van der Waals surface area (Å²) in [6.07, 6.45) is 0. The van der Waals surface area contributed by atoms with Gasteiger partial charge in [-0.15, -0.1) is 16.4 Å². The molecule has 0 saturated carbocycles. The average Bonchev–Trinajstić information content (AvgIpc) is 3.59. The van der Waals surface area contributed by atoms with Crippen LogP contribution in [0.3, 0.4) is 0 Å². The van der Waals surface area contributed by atoms with Crippen LogP contribution in [-0.4, -0.2) is 63.3 Å². The first-order valence-electron chi connectivity index (χ1n) is 11.3. The molecule has 0 bridgehead atoms. The maximum atomic E-state index is 11.0. The number of thiophene rings is 1. The number of anilines is 1. The molecule has 1 aliphatic heterocycles. The normalized spacial score (nSPS) is 15.2. The number of piperazine rings is 1. The third-order valence-corrected chi connectivity index (χ3v) is 7.14. The standard InChI is InChI=1S/C24H25N7O3S/c1-34-21-10-4-18(5-11-21)17-30-24(25-26-27-30)23(22-3-2-16-35-22)29-14-12-28(13-15-29)19-6-8-20(9-7-19)31(32)33/h2-11,16,23H,12-15,17H2,1H3/t23-/m1/s1. The molecular weight excluding hydrogens is 466 g/mol. The number of nitro benzene ring substituents is 1. The zero-order chi connectivity index (χ0) is 24.2. The van der Waals surface area contributed by atoms with Crippen LogP contribution in [0.25, 0.3) is 0 Å². The minimum Gasteiger partial charge on any atom is -0.497 e. The zero-order valence-corrected chi connectivity index (χ0v) is 20.0. The van der Waals surface area contributed by atoms with E-state index in [-0.39, 0.29) is 16.7 Å². The number of non-ortho nitro benzene ring substituents is 1. The van der Waals surface area contributed by atoms with E-state index in [9.17, 15) is 10.1 Å². The molecule has 1 saturated heterocycles. The first-order chi connectivity index (χ1) is 17.1. The molecule has 1 aliphatic rings. The number of benzene rings is 2. The molecule has 0 N–H and O–H groups in total. The van der Waals surface area contributed by atoms with Gasteiger partial charge in [0.25, 0.3) is 5.69 Å². The largest absolute Gasteiger partial charge is 0.497 e. The third-order valence-electron chi connectivity index (χ3n) is 6.21. The number of nitrogens with zero attached hydrogens (tertiary/aromatic N) is 7. The van der Waals surface area contributed by atoms with Gasteiger partial charge in [-0.25, -0.2) is 4.68 Å². The fourth-order valence-corrected chi connectivity index (χ4v) is 5.22. The van der Waals surface area contributed by atoms with E-state index >= 15 is 0 Å². The van der Waals surface area contributed by atoms with Crippen molar-refractivity contribution in [2.24, 2.45) is 0 Å². The van der Waals surface area contributed by atoms with Gasteiger partial charge in [0.15, 0.2) is 5.82 Å². The summed E-state index contributed by atoms with van der Waals surface area (Å²) in [4.78, 5) is 16.5. The van der Waals surface area contributed by atoms with E-state index in [1.165, 1.54) is 4.88 Å². The lowest BCUT2D eigenvalue weighted by Crippen LogP contribution is -2.48. The van der Waals surface area contributed by atoms with Crippen LogP contribution in [0.15, 0.2) is 66.0 Å². The Morgan fingerprint density at radius 1 is 1.06 bits per heavy atom. The number of nitro groups is 1. The smallest absolute Gasteiger partial charge is 0.269 e. The van der Waals surface area contributed by atoms with Gasteiger partial charge in [0.2, 0.25) is 0 Å². The number of hydrogen-bond acceptors (Lipinski definition) is 9. The monoisotopic (exact) mass is 491 g/mol. The van der Waals surface area contributed by atoms with Crippen molar-refractivity contribution in [3.63, 3.8) is 0 Å². The van der Waals surface area contributed by atoms with E-state index in [4.69, 9.17) is 4.74 Å². The molecule has 4 aromatic rings. The second kappa shape index (κ2) is 10.2. The zero-order valence-electron chi connectivity index (χ0n) is 19.2. The van der Waals surface area contributed by atoms with Gasteiger partial charge >= 0.3 is 0 Å². The average molecular weight is 492 g/mol. The summed E-state index contributed by atoms with van der Waals surface area (Å²) in [6.45, 7) is 3.81. The summed E-state index contributed by atoms with van der Waals surface area (Å²) in [5.74, 6) is 1.63. The Kier molecular flexibility index (Phi) is 6.68. The number of tetrazole rings is 1. The second-order valence-corrected chi connectivity index (χ2v) is 9.24. The summed E-state index contributed by atoms with van der Waals surface area (Å²) >= 11 is 1.70. The van der Waals surface area contributed by atoms with Crippen molar-refractivity contribution in [1.29, 1.82) is 0 Å². The number of methoxy groups -OCH3 is 1. The molecule has 0 amide bonds. The minimum absolute atomic E-state index is 0.0535. The van der Waals surface area contributed by atoms with Crippen molar-refractivity contribution in [3.8, 4) is 5.75 Å². The molecule has 2 aromatic heterocycles. The summed E-state index contributed by atoms with van der Waals surface area (Å²) in [7, 11) is 1.65. The lowest BCUT2D eigenvalue weighted by molar-refractivity contribution is -0.384. The Hall–Kier alpha value is -3.83. The van der Waals surface area contributed by atoms with E-state index in [2.05, 4.69) is 42.8 Å². The molecule has 0 unspecified atom stereocenters. The Labute approximate surface area is 206 Å². The van der Waals surface area contributed by atoms with Gasteiger partial charge in [0, 0.05) is 48.9 Å². The van der Waals surface area contributed by atoms with Crippen molar-refractivity contribution in [1.82, 2.24) is 25.1 Å². The van der Waals surface area contributed by atoms with Crippen molar-refractivity contribution >= 4 is 22.7 Å². The Bertz CT molecular complexity index is 1250. The minimum atomic E-state index is -0.372. The van der Waals surface area contributed by atoms with Crippen molar-refractivity contribution < 1.29 is 9.66 Å². The molecule has 0 radical (unpaired) electrons. The third kappa shape index (κ3) is 5.00. The highest BCUT2D eigenvalue weighted by Crippen LogP contribution is 2.32. The molecule has 1 atom stereocenters. The van der Waals surface area contributed by atoms with Gasteiger partial charge < -0.3 is 9.64 Å². The van der Waals surface area contributed by atoms with Gasteiger partial charge in [0.1, 0.15) is 11.8 Å². The molecule has 3 heterocycles. The quantitative estimate of drug-likeness (QED) is 0.272. The van der Waals surface area contributed by atoms with Gasteiger partial charge in [-0.1, -0.05) is 18.2 Å². The van der Waals surface area contributed by atoms with Crippen LogP contribution in [0, 0.1) is 10.1 Å². The first-order valence-corrected chi connectivity index (χ1v) is 12.2. The SMILES string of the molecule is COc1ccc(Cn2nnnc2[C@@H](c2cccs2)N2CCN(c3ccc([N+](=O)[O-])cc3)CC2)cc1. The summed E-state index contributed by atoms with van der Waals surface area (Å²) < 4.78 is 7.14. The van der Waals surface area contributed by atoms with E-state index in [1.54, 1.807) is 30.6 Å². The van der Waals surface area contributed by atoms with Crippen LogP contribution < -0.4 is 9.64 Å². The van der Waals surface area contributed by atoms with Crippen LogP contribution in [0.5, 0.6) is 5.75 Å². The Morgan fingerprint density at radius 2 is 1.80 bits per heavy atom. The first kappa shape index (κ1) is 22.9. The Morgan fingerprint density at radius 3 is 2.43 bits per heavy atom. The number of ether oxygens (including phenoxy) is 1. The van der Waals surface area contributed by atoms with E-state index < -0.39 is 0 Å². The van der Waals surface area contributed by atoms with Crippen LogP contribution >= 0.6 is 11.3 Å². The summed E-state index contributed by atoms with van der Waals surface area (Å²) in [6, 6.07) is 18.8. The molecule has 0 aliphatic carbocycles. The van der Waals surface area contributed by atoms with Crippen molar-refractivity contribution in [3.05, 3.63) is 92.4 Å². The van der Waals surface area contributed by atoms with Crippen LogP contribution in [0.2, 0.25) is 0 Å². The highest BCUT2D eigenvalue weighted by molar-refractivity contribution is 7.10. The van der Waals surface area contributed by atoms with E-state index in [0.717, 1.165) is 49.0 Å². The topological polar surface area (TPSA) is 102 Å². The fraction of sp³-hybridized carbons (Fsp3) is 0.292. The van der Waals surface area contributed by atoms with E-state index in [0.29, 0.717) is 6.54 Å². The molecule has 5 rings (SSSR count). The molecular formula is C24H25N7O3S. The summed E-state index contributed by atoms with van der Waals surface area (Å²) in [5.41, 5.74) is 2.19. The number of hydrogen-bond donors (Lipinski definition) is 0. The van der Waals surface area contributed by atoms with Crippen molar-refractivity contribution in [2.75, 3.05) is 38.2 Å². The fourth-order valence-electron chi connectivity index (χ4n) is 4.36. The predicted molar refractivity (Wildman–Crippen MR) is 133 cm³/mol. The van der Waals surface area contributed by atoms with Gasteiger partial charge in [-0.3, -0.25) is 15.0 Å². The molecule has 35 heavy (non-hydrogen) atoms. The van der Waals surface area contributed by atoms with Gasteiger partial charge in [-0.05, 0) is 51.7 Å². The van der Waals surface area contributed by atoms with Crippen LogP contribution in [0.1, 0.15) is 22.3 Å². The van der Waals surface area contributed by atoms with Crippen molar-refractivity contribution in [2.45, 2.75) is 12.6 Å². The van der Waals surface area contributed by atoms with Crippen LogP contribution in [-0.2, 0) is 6.54 Å². The number of aromatic nitrogens is 4. The maximum absolute atomic E-state index is 11.0. The molecule has 180 valence electrons. The number of rotatable bonds is 8. The highest BCUT2D eigenvalue weighted by atomic mass is 32.1. The van der Waals surface area contributed by atoms with Crippen LogP contribution in [0.4, 0.5) is 11.4 Å².